The first kappa shape index (κ1) is 16.7. The second kappa shape index (κ2) is 7.62. The number of nitriles is 1. The highest BCUT2D eigenvalue weighted by atomic mass is 32.2. The Bertz CT molecular complexity index is 805. The normalized spacial score (nSPS) is 15.2. The molecule has 0 amide bonds. The quantitative estimate of drug-likeness (QED) is 0.675. The van der Waals surface area contributed by atoms with Gasteiger partial charge in [-0.15, -0.1) is 0 Å². The van der Waals surface area contributed by atoms with Gasteiger partial charge in [0.05, 0.1) is 18.9 Å². The van der Waals surface area contributed by atoms with Gasteiger partial charge in [0.25, 0.3) is 5.56 Å². The van der Waals surface area contributed by atoms with Gasteiger partial charge in [-0.05, 0) is 11.8 Å². The minimum absolute atomic E-state index is 0.0497. The summed E-state index contributed by atoms with van der Waals surface area (Å²) in [6.07, 6.45) is 1.83. The summed E-state index contributed by atoms with van der Waals surface area (Å²) >= 11 is 1.34. The minimum Gasteiger partial charge on any atom is -0.379 e. The van der Waals surface area contributed by atoms with Crippen molar-refractivity contribution in [2.45, 2.75) is 11.7 Å². The van der Waals surface area contributed by atoms with Gasteiger partial charge < -0.3 is 9.72 Å². The molecule has 1 N–H and O–H groups in total. The first-order valence-corrected chi connectivity index (χ1v) is 8.91. The molecule has 7 heteroatoms. The van der Waals surface area contributed by atoms with Crippen LogP contribution in [-0.2, 0) is 11.3 Å². The van der Waals surface area contributed by atoms with Crippen molar-refractivity contribution in [2.24, 2.45) is 0 Å². The monoisotopic (exact) mass is 342 g/mol. The molecule has 0 unspecified atom stereocenters. The Kier molecular flexibility index (Phi) is 5.30. The van der Waals surface area contributed by atoms with Crippen molar-refractivity contribution in [2.75, 3.05) is 32.6 Å². The summed E-state index contributed by atoms with van der Waals surface area (Å²) in [5.41, 5.74) is 2.05. The van der Waals surface area contributed by atoms with Crippen LogP contribution in [0.5, 0.6) is 0 Å². The van der Waals surface area contributed by atoms with Crippen LogP contribution in [0.3, 0.4) is 0 Å². The molecule has 24 heavy (non-hydrogen) atoms. The van der Waals surface area contributed by atoms with Crippen LogP contribution >= 0.6 is 11.8 Å². The van der Waals surface area contributed by atoms with Gasteiger partial charge in [0.15, 0.2) is 5.16 Å². The SMILES string of the molecule is CSc1nc(-c2ccc(CN3CCOCC3)cc2)c(C#N)c(=O)[nH]1. The standard InChI is InChI=1S/C17H18N4O2S/c1-24-17-19-15(14(10-18)16(22)20-17)13-4-2-12(3-5-13)11-21-6-8-23-9-7-21/h2-5H,6-9,11H2,1H3,(H,19,20,22). The molecule has 124 valence electrons. The highest BCUT2D eigenvalue weighted by molar-refractivity contribution is 7.98. The zero-order valence-corrected chi connectivity index (χ0v) is 14.2. The van der Waals surface area contributed by atoms with E-state index in [-0.39, 0.29) is 5.56 Å². The number of hydrogen-bond acceptors (Lipinski definition) is 6. The lowest BCUT2D eigenvalue weighted by Gasteiger charge is -2.26. The molecule has 0 bridgehead atoms. The number of aromatic nitrogens is 2. The highest BCUT2D eigenvalue weighted by Gasteiger charge is 2.14. The fourth-order valence-corrected chi connectivity index (χ4v) is 3.02. The fraction of sp³-hybridized carbons (Fsp3) is 0.353. The number of H-pyrrole nitrogens is 1. The summed E-state index contributed by atoms with van der Waals surface area (Å²) in [4.78, 5) is 21.4. The first-order chi connectivity index (χ1) is 11.7. The summed E-state index contributed by atoms with van der Waals surface area (Å²) < 4.78 is 5.36. The third kappa shape index (κ3) is 3.67. The molecule has 1 aliphatic heterocycles. The van der Waals surface area contributed by atoms with Gasteiger partial charge in [-0.2, -0.15) is 5.26 Å². The van der Waals surface area contributed by atoms with E-state index in [4.69, 9.17) is 4.74 Å². The van der Waals surface area contributed by atoms with Gasteiger partial charge in [-0.25, -0.2) is 4.98 Å². The smallest absolute Gasteiger partial charge is 0.270 e. The number of nitrogens with zero attached hydrogens (tertiary/aromatic N) is 3. The molecule has 1 aromatic carbocycles. The Balaban J connectivity index is 1.86. The van der Waals surface area contributed by atoms with E-state index in [2.05, 4.69) is 14.9 Å². The molecule has 1 fully saturated rings. The molecular formula is C17H18N4O2S. The van der Waals surface area contributed by atoms with Crippen molar-refractivity contribution in [3.8, 4) is 17.3 Å². The molecule has 0 radical (unpaired) electrons. The first-order valence-electron chi connectivity index (χ1n) is 7.69. The van der Waals surface area contributed by atoms with Gasteiger partial charge in [0.2, 0.25) is 0 Å². The molecule has 0 aliphatic carbocycles. The van der Waals surface area contributed by atoms with E-state index in [1.54, 1.807) is 0 Å². The van der Waals surface area contributed by atoms with E-state index < -0.39 is 5.56 Å². The van der Waals surface area contributed by atoms with Gasteiger partial charge >= 0.3 is 0 Å². The fourth-order valence-electron chi connectivity index (χ4n) is 2.65. The predicted octanol–water partition coefficient (Wildman–Crippen LogP) is 1.86. The Hall–Kier alpha value is -2.14. The molecule has 0 saturated carbocycles. The molecule has 0 atom stereocenters. The Morgan fingerprint density at radius 3 is 2.67 bits per heavy atom. The summed E-state index contributed by atoms with van der Waals surface area (Å²) in [6.45, 7) is 4.29. The summed E-state index contributed by atoms with van der Waals surface area (Å²) in [5.74, 6) is 0. The molecule has 1 aliphatic rings. The summed E-state index contributed by atoms with van der Waals surface area (Å²) in [7, 11) is 0. The lowest BCUT2D eigenvalue weighted by molar-refractivity contribution is 0.0342. The molecule has 1 aromatic heterocycles. The van der Waals surface area contributed by atoms with Crippen LogP contribution in [0, 0.1) is 11.3 Å². The topological polar surface area (TPSA) is 82.0 Å². The van der Waals surface area contributed by atoms with Crippen LogP contribution in [0.1, 0.15) is 11.1 Å². The number of thioether (sulfide) groups is 1. The second-order valence-electron chi connectivity index (χ2n) is 5.50. The van der Waals surface area contributed by atoms with Gasteiger partial charge in [-0.3, -0.25) is 9.69 Å². The lowest BCUT2D eigenvalue weighted by Crippen LogP contribution is -2.35. The number of benzene rings is 1. The summed E-state index contributed by atoms with van der Waals surface area (Å²) in [6, 6.07) is 9.84. The average molecular weight is 342 g/mol. The maximum Gasteiger partial charge on any atom is 0.270 e. The minimum atomic E-state index is -0.399. The molecule has 0 spiro atoms. The molecule has 3 rings (SSSR count). The Labute approximate surface area is 144 Å². The van der Waals surface area contributed by atoms with Crippen molar-refractivity contribution < 1.29 is 4.74 Å². The number of nitrogens with one attached hydrogen (secondary N) is 1. The number of morpholine rings is 1. The molecule has 2 aromatic rings. The van der Waals surface area contributed by atoms with E-state index in [0.29, 0.717) is 10.9 Å². The van der Waals surface area contributed by atoms with Crippen LogP contribution in [-0.4, -0.2) is 47.4 Å². The van der Waals surface area contributed by atoms with Gasteiger partial charge in [0, 0.05) is 25.2 Å². The third-order valence-corrected chi connectivity index (χ3v) is 4.52. The number of aromatic amines is 1. The molecular weight excluding hydrogens is 324 g/mol. The Morgan fingerprint density at radius 2 is 2.04 bits per heavy atom. The van der Waals surface area contributed by atoms with Crippen molar-refractivity contribution >= 4 is 11.8 Å². The van der Waals surface area contributed by atoms with Crippen LogP contribution < -0.4 is 5.56 Å². The van der Waals surface area contributed by atoms with Crippen LogP contribution in [0.15, 0.2) is 34.2 Å². The maximum atomic E-state index is 12.0. The van der Waals surface area contributed by atoms with Gasteiger partial charge in [-0.1, -0.05) is 36.0 Å². The van der Waals surface area contributed by atoms with Crippen molar-refractivity contribution in [3.05, 3.63) is 45.7 Å². The zero-order valence-electron chi connectivity index (χ0n) is 13.4. The Morgan fingerprint density at radius 1 is 1.33 bits per heavy atom. The number of hydrogen-bond donors (Lipinski definition) is 1. The van der Waals surface area contributed by atoms with Crippen LogP contribution in [0.2, 0.25) is 0 Å². The van der Waals surface area contributed by atoms with Crippen LogP contribution in [0.25, 0.3) is 11.3 Å². The summed E-state index contributed by atoms with van der Waals surface area (Å²) in [5, 5.41) is 9.77. The van der Waals surface area contributed by atoms with Crippen molar-refractivity contribution in [3.63, 3.8) is 0 Å². The van der Waals surface area contributed by atoms with E-state index in [1.807, 2.05) is 36.6 Å². The molecule has 1 saturated heterocycles. The average Bonchev–Trinajstić information content (AvgIpc) is 2.62. The second-order valence-corrected chi connectivity index (χ2v) is 6.29. The van der Waals surface area contributed by atoms with Crippen molar-refractivity contribution in [1.29, 1.82) is 5.26 Å². The largest absolute Gasteiger partial charge is 0.379 e. The van der Waals surface area contributed by atoms with Crippen molar-refractivity contribution in [1.82, 2.24) is 14.9 Å². The van der Waals surface area contributed by atoms with E-state index in [1.165, 1.54) is 17.3 Å². The molecule has 6 nitrogen and oxygen atoms in total. The van der Waals surface area contributed by atoms with Crippen LogP contribution in [0.4, 0.5) is 0 Å². The third-order valence-electron chi connectivity index (χ3n) is 3.94. The highest BCUT2D eigenvalue weighted by Crippen LogP contribution is 2.22. The molecule has 2 heterocycles. The maximum absolute atomic E-state index is 12.0. The van der Waals surface area contributed by atoms with E-state index >= 15 is 0 Å². The number of ether oxygens (including phenoxy) is 1. The van der Waals surface area contributed by atoms with Gasteiger partial charge in [0.1, 0.15) is 11.6 Å². The van der Waals surface area contributed by atoms with E-state index in [0.717, 1.165) is 38.4 Å². The van der Waals surface area contributed by atoms with E-state index in [9.17, 15) is 10.1 Å². The predicted molar refractivity (Wildman–Crippen MR) is 92.9 cm³/mol. The number of rotatable bonds is 4. The lowest BCUT2D eigenvalue weighted by atomic mass is 10.1. The zero-order chi connectivity index (χ0) is 16.9.